The van der Waals surface area contributed by atoms with Crippen LogP contribution >= 0.6 is 0 Å². The predicted molar refractivity (Wildman–Crippen MR) is 87.0 cm³/mol. The summed E-state index contributed by atoms with van der Waals surface area (Å²) in [5.74, 6) is -1.17. The van der Waals surface area contributed by atoms with Gasteiger partial charge in [-0.3, -0.25) is 4.79 Å². The van der Waals surface area contributed by atoms with Crippen LogP contribution in [0.2, 0.25) is 0 Å². The average Bonchev–Trinajstić information content (AvgIpc) is 2.51. The second-order valence-corrected chi connectivity index (χ2v) is 6.57. The number of aliphatic carboxylic acids is 1. The average molecular weight is 322 g/mol. The molecule has 1 heterocycles. The summed E-state index contributed by atoms with van der Waals surface area (Å²) in [6, 6.07) is -0.0349. The van der Waals surface area contributed by atoms with Gasteiger partial charge in [0.15, 0.2) is 0 Å². The summed E-state index contributed by atoms with van der Waals surface area (Å²) in [6.07, 6.45) is 5.48. The fourth-order valence-corrected chi connectivity index (χ4v) is 3.65. The molecule has 0 spiro atoms. The van der Waals surface area contributed by atoms with E-state index in [-0.39, 0.29) is 11.9 Å². The molecule has 2 amide bonds. The molecule has 128 valence electrons. The summed E-state index contributed by atoms with van der Waals surface area (Å²) in [7, 11) is 0. The summed E-state index contributed by atoms with van der Waals surface area (Å²) in [5.41, 5.74) is -0.861. The van der Waals surface area contributed by atoms with Gasteiger partial charge >= 0.3 is 12.0 Å². The van der Waals surface area contributed by atoms with Crippen molar-refractivity contribution < 1.29 is 19.8 Å². The number of carbonyl (C=O) groups is 2. The molecule has 1 aliphatic heterocycles. The van der Waals surface area contributed by atoms with Crippen molar-refractivity contribution in [3.63, 3.8) is 0 Å². The van der Waals surface area contributed by atoms with Crippen molar-refractivity contribution in [3.8, 4) is 0 Å². The van der Waals surface area contributed by atoms with Crippen LogP contribution in [0.15, 0.2) is 25.3 Å². The summed E-state index contributed by atoms with van der Waals surface area (Å²) >= 11 is 0. The largest absolute Gasteiger partial charge is 0.481 e. The summed E-state index contributed by atoms with van der Waals surface area (Å²) in [6.45, 7) is 9.48. The highest BCUT2D eigenvalue weighted by Crippen LogP contribution is 2.46. The number of aliphatic hydroxyl groups is 1. The zero-order valence-corrected chi connectivity index (χ0v) is 13.5. The first-order chi connectivity index (χ1) is 10.9. The Hall–Kier alpha value is -1.82. The minimum atomic E-state index is -0.861. The van der Waals surface area contributed by atoms with Crippen molar-refractivity contribution in [2.24, 2.45) is 11.8 Å². The molecule has 2 aliphatic rings. The molecule has 1 saturated heterocycles. The van der Waals surface area contributed by atoms with Gasteiger partial charge in [0.2, 0.25) is 0 Å². The monoisotopic (exact) mass is 322 g/mol. The normalized spacial score (nSPS) is 27.9. The lowest BCUT2D eigenvalue weighted by molar-refractivity contribution is -0.169. The first-order valence-corrected chi connectivity index (χ1v) is 8.12. The summed E-state index contributed by atoms with van der Waals surface area (Å²) in [4.78, 5) is 26.9. The second-order valence-electron chi connectivity index (χ2n) is 6.57. The molecule has 0 atom stereocenters. The fourth-order valence-electron chi connectivity index (χ4n) is 3.65. The number of hydrogen-bond acceptors (Lipinski definition) is 3. The van der Waals surface area contributed by atoms with Gasteiger partial charge in [-0.2, -0.15) is 0 Å². The maximum absolute atomic E-state index is 12.5. The van der Waals surface area contributed by atoms with Gasteiger partial charge in [-0.1, -0.05) is 12.2 Å². The van der Waals surface area contributed by atoms with E-state index in [9.17, 15) is 14.7 Å². The zero-order valence-electron chi connectivity index (χ0n) is 13.5. The lowest BCUT2D eigenvalue weighted by Gasteiger charge is -2.49. The second kappa shape index (κ2) is 7.17. The van der Waals surface area contributed by atoms with Crippen molar-refractivity contribution in [1.82, 2.24) is 9.80 Å². The van der Waals surface area contributed by atoms with E-state index in [4.69, 9.17) is 5.11 Å². The predicted octanol–water partition coefficient (Wildman–Crippen LogP) is 1.72. The van der Waals surface area contributed by atoms with E-state index in [1.807, 2.05) is 0 Å². The van der Waals surface area contributed by atoms with E-state index in [1.165, 1.54) is 0 Å². The van der Waals surface area contributed by atoms with E-state index >= 15 is 0 Å². The van der Waals surface area contributed by atoms with Crippen LogP contribution in [0.5, 0.6) is 0 Å². The molecule has 1 aliphatic carbocycles. The number of piperidine rings is 1. The molecule has 6 nitrogen and oxygen atoms in total. The van der Waals surface area contributed by atoms with Gasteiger partial charge in [0, 0.05) is 26.2 Å². The third-order valence-electron chi connectivity index (χ3n) is 5.04. The molecular formula is C17H26N2O4. The Morgan fingerprint density at radius 1 is 1.17 bits per heavy atom. The fraction of sp³-hybridized carbons (Fsp3) is 0.647. The van der Waals surface area contributed by atoms with Crippen LogP contribution in [-0.4, -0.2) is 63.8 Å². The van der Waals surface area contributed by atoms with E-state index < -0.39 is 17.5 Å². The number of urea groups is 1. The molecule has 0 radical (unpaired) electrons. The Kier molecular flexibility index (Phi) is 5.46. The molecule has 2 rings (SSSR count). The van der Waals surface area contributed by atoms with Gasteiger partial charge < -0.3 is 20.0 Å². The number of hydrogen-bond donors (Lipinski definition) is 2. The minimum Gasteiger partial charge on any atom is -0.481 e. The van der Waals surface area contributed by atoms with E-state index in [0.29, 0.717) is 51.9 Å². The van der Waals surface area contributed by atoms with Crippen molar-refractivity contribution in [2.45, 2.75) is 31.3 Å². The number of nitrogens with zero attached hydrogens (tertiary/aromatic N) is 2. The molecule has 2 N–H and O–H groups in total. The Morgan fingerprint density at radius 3 is 2.13 bits per heavy atom. The van der Waals surface area contributed by atoms with Crippen molar-refractivity contribution in [2.75, 3.05) is 26.2 Å². The molecular weight excluding hydrogens is 296 g/mol. The Morgan fingerprint density at radius 2 is 1.70 bits per heavy atom. The maximum Gasteiger partial charge on any atom is 0.320 e. The molecule has 0 bridgehead atoms. The van der Waals surface area contributed by atoms with Gasteiger partial charge in [-0.15, -0.1) is 13.2 Å². The van der Waals surface area contributed by atoms with Gasteiger partial charge in [-0.05, 0) is 31.6 Å². The summed E-state index contributed by atoms with van der Waals surface area (Å²) < 4.78 is 0. The lowest BCUT2D eigenvalue weighted by Crippen LogP contribution is -2.56. The first kappa shape index (κ1) is 17.5. The zero-order chi connectivity index (χ0) is 17.0. The number of carboxylic acid groups (broad SMARTS) is 1. The SMILES string of the molecule is C=CCN(CC=C)C(=O)N1CCC(C2(O)CC(C(=O)O)C2)CC1. The molecule has 0 aromatic heterocycles. The quantitative estimate of drug-likeness (QED) is 0.730. The molecule has 0 unspecified atom stereocenters. The van der Waals surface area contributed by atoms with Crippen molar-refractivity contribution in [1.29, 1.82) is 0 Å². The molecule has 0 aromatic rings. The number of likely N-dealkylation sites (tertiary alicyclic amines) is 1. The molecule has 1 saturated carbocycles. The Balaban J connectivity index is 1.86. The Bertz CT molecular complexity index is 467. The first-order valence-electron chi connectivity index (χ1n) is 8.12. The molecule has 0 aromatic carbocycles. The van der Waals surface area contributed by atoms with Crippen LogP contribution < -0.4 is 0 Å². The Labute approximate surface area is 137 Å². The van der Waals surface area contributed by atoms with E-state index in [0.717, 1.165) is 0 Å². The number of carbonyl (C=O) groups excluding carboxylic acids is 1. The topological polar surface area (TPSA) is 81.1 Å². The van der Waals surface area contributed by atoms with Gasteiger partial charge in [0.25, 0.3) is 0 Å². The number of rotatable bonds is 6. The highest BCUT2D eigenvalue weighted by atomic mass is 16.4. The smallest absolute Gasteiger partial charge is 0.320 e. The third-order valence-corrected chi connectivity index (χ3v) is 5.04. The van der Waals surface area contributed by atoms with Crippen LogP contribution in [-0.2, 0) is 4.79 Å². The number of amides is 2. The highest BCUT2D eigenvalue weighted by molar-refractivity contribution is 5.75. The van der Waals surface area contributed by atoms with E-state index in [2.05, 4.69) is 13.2 Å². The van der Waals surface area contributed by atoms with Gasteiger partial charge in [-0.25, -0.2) is 4.79 Å². The number of carboxylic acids is 1. The van der Waals surface area contributed by atoms with Crippen molar-refractivity contribution in [3.05, 3.63) is 25.3 Å². The van der Waals surface area contributed by atoms with Crippen LogP contribution in [0.3, 0.4) is 0 Å². The van der Waals surface area contributed by atoms with Gasteiger partial charge in [0.05, 0.1) is 11.5 Å². The lowest BCUT2D eigenvalue weighted by atomic mass is 9.62. The highest BCUT2D eigenvalue weighted by Gasteiger charge is 2.51. The van der Waals surface area contributed by atoms with Gasteiger partial charge in [0.1, 0.15) is 0 Å². The molecule has 2 fully saturated rings. The third kappa shape index (κ3) is 3.75. The van der Waals surface area contributed by atoms with Crippen LogP contribution in [0, 0.1) is 11.8 Å². The van der Waals surface area contributed by atoms with Crippen LogP contribution in [0.1, 0.15) is 25.7 Å². The van der Waals surface area contributed by atoms with Crippen LogP contribution in [0.4, 0.5) is 4.79 Å². The van der Waals surface area contributed by atoms with E-state index in [1.54, 1.807) is 22.0 Å². The molecule has 6 heteroatoms. The molecule has 23 heavy (non-hydrogen) atoms. The minimum absolute atomic E-state index is 0.0349. The summed E-state index contributed by atoms with van der Waals surface area (Å²) in [5, 5.41) is 19.5. The van der Waals surface area contributed by atoms with Crippen LogP contribution in [0.25, 0.3) is 0 Å². The van der Waals surface area contributed by atoms with Crippen molar-refractivity contribution >= 4 is 12.0 Å². The standard InChI is InChI=1S/C17H26N2O4/c1-3-7-18(8-4-2)16(22)19-9-5-14(6-10-19)17(23)11-13(12-17)15(20)21/h3-4,13-14,23H,1-2,5-12H2,(H,20,21). The maximum atomic E-state index is 12.5.